The molecule has 178 valence electrons. The molecule has 10 heteroatoms. The Morgan fingerprint density at radius 2 is 1.82 bits per heavy atom. The zero-order chi connectivity index (χ0) is 23.8. The summed E-state index contributed by atoms with van der Waals surface area (Å²) in [5, 5.41) is 16.1. The van der Waals surface area contributed by atoms with Gasteiger partial charge in [-0.3, -0.25) is 0 Å². The first-order valence-electron chi connectivity index (χ1n) is 10.8. The number of thiazole rings is 1. The molecule has 8 nitrogen and oxygen atoms in total. The van der Waals surface area contributed by atoms with Crippen LogP contribution in [0.1, 0.15) is 12.1 Å². The van der Waals surface area contributed by atoms with Crippen molar-refractivity contribution in [3.63, 3.8) is 0 Å². The van der Waals surface area contributed by atoms with Crippen molar-refractivity contribution in [2.24, 2.45) is 0 Å². The van der Waals surface area contributed by atoms with Crippen LogP contribution >= 0.6 is 23.1 Å². The first-order valence-corrected chi connectivity index (χ1v) is 12.6. The quantitative estimate of drug-likeness (QED) is 0.203. The van der Waals surface area contributed by atoms with E-state index in [2.05, 4.69) is 25.5 Å². The molecule has 0 aliphatic carbocycles. The van der Waals surface area contributed by atoms with E-state index in [1.165, 1.54) is 0 Å². The number of methoxy groups -OCH3 is 3. The van der Waals surface area contributed by atoms with Gasteiger partial charge in [0.05, 0.1) is 19.9 Å². The molecule has 0 aliphatic rings. The van der Waals surface area contributed by atoms with Gasteiger partial charge in [-0.1, -0.05) is 30.0 Å². The molecule has 0 bridgehead atoms. The lowest BCUT2D eigenvalue weighted by Crippen LogP contribution is -2.05. The van der Waals surface area contributed by atoms with E-state index >= 15 is 0 Å². The van der Waals surface area contributed by atoms with Crippen LogP contribution in [-0.4, -0.2) is 47.7 Å². The number of hydrogen-bond acceptors (Lipinski definition) is 9. The summed E-state index contributed by atoms with van der Waals surface area (Å²) in [5.41, 5.74) is 2.93. The number of hydrogen-bond donors (Lipinski definition) is 1. The third-order valence-electron chi connectivity index (χ3n) is 5.01. The SMILES string of the molecule is COCCCn1c(SCc2csc(Nc3ccccc3)n2)nnc1-c1ccc(OC)c(OC)c1. The topological polar surface area (TPSA) is 83.3 Å². The van der Waals surface area contributed by atoms with Crippen molar-refractivity contribution in [3.05, 3.63) is 59.6 Å². The molecule has 1 N–H and O–H groups in total. The van der Waals surface area contributed by atoms with Crippen LogP contribution in [0, 0.1) is 0 Å². The molecule has 0 saturated carbocycles. The van der Waals surface area contributed by atoms with Gasteiger partial charge in [-0.2, -0.15) is 0 Å². The number of ether oxygens (including phenoxy) is 3. The van der Waals surface area contributed by atoms with Crippen LogP contribution in [-0.2, 0) is 17.0 Å². The summed E-state index contributed by atoms with van der Waals surface area (Å²) in [6.07, 6.45) is 0.851. The van der Waals surface area contributed by atoms with Crippen molar-refractivity contribution in [1.29, 1.82) is 0 Å². The minimum Gasteiger partial charge on any atom is -0.493 e. The van der Waals surface area contributed by atoms with Gasteiger partial charge in [-0.05, 0) is 36.8 Å². The minimum absolute atomic E-state index is 0.654. The Labute approximate surface area is 207 Å². The lowest BCUT2D eigenvalue weighted by atomic mass is 10.2. The van der Waals surface area contributed by atoms with E-state index in [0.717, 1.165) is 46.0 Å². The summed E-state index contributed by atoms with van der Waals surface area (Å²) in [6.45, 7) is 1.40. The average molecular weight is 498 g/mol. The summed E-state index contributed by atoms with van der Waals surface area (Å²) in [4.78, 5) is 4.71. The summed E-state index contributed by atoms with van der Waals surface area (Å²) in [5.74, 6) is 2.81. The Bertz CT molecular complexity index is 1200. The van der Waals surface area contributed by atoms with E-state index < -0.39 is 0 Å². The Morgan fingerprint density at radius 1 is 1.00 bits per heavy atom. The molecule has 0 saturated heterocycles. The Kier molecular flexibility index (Phi) is 8.40. The highest BCUT2D eigenvalue weighted by Gasteiger charge is 2.17. The highest BCUT2D eigenvalue weighted by Crippen LogP contribution is 2.34. The molecule has 2 heterocycles. The van der Waals surface area contributed by atoms with Gasteiger partial charge in [0, 0.05) is 42.6 Å². The molecular formula is C24H27N5O3S2. The third kappa shape index (κ3) is 5.88. The molecule has 4 aromatic rings. The normalized spacial score (nSPS) is 10.9. The molecule has 0 atom stereocenters. The van der Waals surface area contributed by atoms with Gasteiger partial charge in [-0.25, -0.2) is 4.98 Å². The first-order chi connectivity index (χ1) is 16.7. The van der Waals surface area contributed by atoms with Crippen molar-refractivity contribution in [3.8, 4) is 22.9 Å². The number of rotatable bonds is 12. The Balaban J connectivity index is 1.51. The average Bonchev–Trinajstić information content (AvgIpc) is 3.49. The third-order valence-corrected chi connectivity index (χ3v) is 6.82. The predicted molar refractivity (Wildman–Crippen MR) is 136 cm³/mol. The van der Waals surface area contributed by atoms with E-state index in [0.29, 0.717) is 23.9 Å². The Hall–Kier alpha value is -3.08. The lowest BCUT2D eigenvalue weighted by Gasteiger charge is -2.12. The molecule has 2 aromatic heterocycles. The van der Waals surface area contributed by atoms with Crippen molar-refractivity contribution in [1.82, 2.24) is 19.7 Å². The maximum atomic E-state index is 5.47. The molecule has 0 amide bonds. The second-order valence-corrected chi connectivity index (χ2v) is 9.10. The van der Waals surface area contributed by atoms with Crippen molar-refractivity contribution < 1.29 is 14.2 Å². The van der Waals surface area contributed by atoms with Gasteiger partial charge in [0.25, 0.3) is 0 Å². The minimum atomic E-state index is 0.654. The zero-order valence-electron chi connectivity index (χ0n) is 19.4. The monoisotopic (exact) mass is 497 g/mol. The lowest BCUT2D eigenvalue weighted by molar-refractivity contribution is 0.189. The van der Waals surface area contributed by atoms with Crippen LogP contribution < -0.4 is 14.8 Å². The highest BCUT2D eigenvalue weighted by molar-refractivity contribution is 7.98. The second-order valence-electron chi connectivity index (χ2n) is 7.30. The van der Waals surface area contributed by atoms with E-state index in [1.807, 2.05) is 48.5 Å². The van der Waals surface area contributed by atoms with E-state index in [-0.39, 0.29) is 0 Å². The number of aromatic nitrogens is 4. The standard InChI is InChI=1S/C24H27N5O3S2/c1-30-13-7-12-29-22(17-10-11-20(31-2)21(14-17)32-3)27-28-24(29)34-16-19-15-33-23(26-19)25-18-8-5-4-6-9-18/h4-6,8-11,14-15H,7,12-13,16H2,1-3H3,(H,25,26). The molecule has 2 aromatic carbocycles. The van der Waals surface area contributed by atoms with E-state index in [9.17, 15) is 0 Å². The van der Waals surface area contributed by atoms with Crippen molar-refractivity contribution in [2.75, 3.05) is 33.3 Å². The van der Waals surface area contributed by atoms with Gasteiger partial charge in [0.1, 0.15) is 0 Å². The maximum Gasteiger partial charge on any atom is 0.191 e. The van der Waals surface area contributed by atoms with Crippen molar-refractivity contribution >= 4 is 33.9 Å². The summed E-state index contributed by atoms with van der Waals surface area (Å²) in [7, 11) is 4.96. The fourth-order valence-corrected chi connectivity index (χ4v) is 5.06. The fourth-order valence-electron chi connectivity index (χ4n) is 3.37. The van der Waals surface area contributed by atoms with Gasteiger partial charge in [0.2, 0.25) is 0 Å². The molecule has 0 unspecified atom stereocenters. The number of benzene rings is 2. The fraction of sp³-hybridized carbons (Fsp3) is 0.292. The highest BCUT2D eigenvalue weighted by atomic mass is 32.2. The first kappa shape index (κ1) is 24.1. The van der Waals surface area contributed by atoms with Crippen LogP contribution in [0.25, 0.3) is 11.4 Å². The summed E-state index contributed by atoms with van der Waals surface area (Å²) < 4.78 is 18.2. The van der Waals surface area contributed by atoms with Gasteiger partial charge in [-0.15, -0.1) is 21.5 Å². The van der Waals surface area contributed by atoms with Crippen molar-refractivity contribution in [2.45, 2.75) is 23.9 Å². The molecule has 0 spiro atoms. The van der Waals surface area contributed by atoms with Crippen LogP contribution in [0.2, 0.25) is 0 Å². The largest absolute Gasteiger partial charge is 0.493 e. The number of nitrogens with one attached hydrogen (secondary N) is 1. The van der Waals surface area contributed by atoms with E-state index in [4.69, 9.17) is 19.2 Å². The number of thioether (sulfide) groups is 1. The molecule has 0 fully saturated rings. The van der Waals surface area contributed by atoms with Crippen LogP contribution in [0.4, 0.5) is 10.8 Å². The zero-order valence-corrected chi connectivity index (χ0v) is 21.0. The van der Waals surface area contributed by atoms with E-state index in [1.54, 1.807) is 44.4 Å². The summed E-state index contributed by atoms with van der Waals surface area (Å²) >= 11 is 3.21. The van der Waals surface area contributed by atoms with Gasteiger partial charge < -0.3 is 24.1 Å². The van der Waals surface area contributed by atoms with Gasteiger partial charge in [0.15, 0.2) is 27.6 Å². The van der Waals surface area contributed by atoms with Crippen LogP contribution in [0.5, 0.6) is 11.5 Å². The van der Waals surface area contributed by atoms with Gasteiger partial charge >= 0.3 is 0 Å². The van der Waals surface area contributed by atoms with Crippen LogP contribution in [0.15, 0.2) is 59.1 Å². The second kappa shape index (κ2) is 11.9. The molecule has 0 aliphatic heterocycles. The maximum absolute atomic E-state index is 5.47. The number of para-hydroxylation sites is 1. The van der Waals surface area contributed by atoms with Crippen LogP contribution in [0.3, 0.4) is 0 Å². The molecule has 0 radical (unpaired) electrons. The summed E-state index contributed by atoms with van der Waals surface area (Å²) in [6, 6.07) is 15.8. The molecule has 4 rings (SSSR count). The number of anilines is 2. The molecule has 34 heavy (non-hydrogen) atoms. The predicted octanol–water partition coefficient (Wildman–Crippen LogP) is 5.49. The Morgan fingerprint density at radius 3 is 2.59 bits per heavy atom. The molecular weight excluding hydrogens is 470 g/mol. The smallest absolute Gasteiger partial charge is 0.191 e. The number of nitrogens with zero attached hydrogens (tertiary/aromatic N) is 4.